The van der Waals surface area contributed by atoms with E-state index in [0.717, 1.165) is 23.7 Å². The van der Waals surface area contributed by atoms with Crippen molar-refractivity contribution in [1.82, 2.24) is 19.1 Å². The third kappa shape index (κ3) is 3.04. The van der Waals surface area contributed by atoms with Gasteiger partial charge in [0.25, 0.3) is 0 Å². The molecule has 1 atom stereocenters. The number of carbonyl (C=O) groups excluding carboxylic acids is 1. The van der Waals surface area contributed by atoms with Crippen molar-refractivity contribution < 1.29 is 9.53 Å². The molecule has 8 heteroatoms. The van der Waals surface area contributed by atoms with Gasteiger partial charge in [0.2, 0.25) is 4.77 Å². The molecule has 0 aliphatic carbocycles. The molecule has 6 nitrogen and oxygen atoms in total. The van der Waals surface area contributed by atoms with Crippen LogP contribution in [-0.2, 0) is 16.2 Å². The van der Waals surface area contributed by atoms with Crippen molar-refractivity contribution in [3.63, 3.8) is 0 Å². The number of hydrogen-bond acceptors (Lipinski definition) is 6. The number of esters is 1. The van der Waals surface area contributed by atoms with E-state index in [-0.39, 0.29) is 12.0 Å². The molecule has 0 radical (unpaired) electrons. The van der Waals surface area contributed by atoms with Gasteiger partial charge < -0.3 is 4.74 Å². The van der Waals surface area contributed by atoms with Crippen LogP contribution in [0, 0.1) is 4.77 Å². The zero-order valence-electron chi connectivity index (χ0n) is 12.3. The Bertz CT molecular complexity index is 727. The van der Waals surface area contributed by atoms with Crippen LogP contribution in [0.1, 0.15) is 6.92 Å². The quantitative estimate of drug-likeness (QED) is 0.626. The number of aromatic nitrogens is 3. The standard InChI is InChI=1S/C14H18N4O2S2/c1-2-20-13(19)11-9-22-8-7-16(11)10-18-14(21)17-6-4-3-5-12(17)15-18/h3-6,11H,2,7-10H2,1H3/t11-/m0/s1. The highest BCUT2D eigenvalue weighted by molar-refractivity contribution is 7.99. The van der Waals surface area contributed by atoms with Crippen molar-refractivity contribution in [1.29, 1.82) is 0 Å². The monoisotopic (exact) mass is 338 g/mol. The van der Waals surface area contributed by atoms with Gasteiger partial charge in [-0.3, -0.25) is 14.1 Å². The number of fused-ring (bicyclic) bond motifs is 1. The highest BCUT2D eigenvalue weighted by Gasteiger charge is 2.30. The van der Waals surface area contributed by atoms with Gasteiger partial charge in [-0.15, -0.1) is 0 Å². The molecule has 3 heterocycles. The molecule has 0 saturated carbocycles. The first kappa shape index (κ1) is 15.5. The number of thioether (sulfide) groups is 1. The lowest BCUT2D eigenvalue weighted by Crippen LogP contribution is -2.48. The highest BCUT2D eigenvalue weighted by atomic mass is 32.2. The average molecular weight is 338 g/mol. The van der Waals surface area contributed by atoms with Crippen LogP contribution in [0.3, 0.4) is 0 Å². The van der Waals surface area contributed by atoms with Crippen LogP contribution in [0.2, 0.25) is 0 Å². The minimum atomic E-state index is -0.231. The van der Waals surface area contributed by atoms with E-state index in [1.165, 1.54) is 0 Å². The summed E-state index contributed by atoms with van der Waals surface area (Å²) >= 11 is 7.24. The van der Waals surface area contributed by atoms with Gasteiger partial charge in [0.1, 0.15) is 6.04 Å². The van der Waals surface area contributed by atoms with E-state index >= 15 is 0 Å². The largest absolute Gasteiger partial charge is 0.465 e. The Kier molecular flexibility index (Phi) is 4.80. The molecule has 0 unspecified atom stereocenters. The lowest BCUT2D eigenvalue weighted by atomic mass is 10.3. The van der Waals surface area contributed by atoms with Crippen molar-refractivity contribution in [2.75, 3.05) is 24.7 Å². The second kappa shape index (κ2) is 6.80. The van der Waals surface area contributed by atoms with Gasteiger partial charge in [0.15, 0.2) is 5.65 Å². The first-order valence-corrected chi connectivity index (χ1v) is 8.79. The van der Waals surface area contributed by atoms with E-state index in [4.69, 9.17) is 17.0 Å². The maximum Gasteiger partial charge on any atom is 0.324 e. The Hall–Kier alpha value is -1.38. The average Bonchev–Trinajstić information content (AvgIpc) is 2.85. The van der Waals surface area contributed by atoms with E-state index in [0.29, 0.717) is 18.0 Å². The number of hydrogen-bond donors (Lipinski definition) is 0. The Morgan fingerprint density at radius 3 is 3.18 bits per heavy atom. The van der Waals surface area contributed by atoms with Gasteiger partial charge in [-0.2, -0.15) is 16.9 Å². The van der Waals surface area contributed by atoms with Crippen molar-refractivity contribution in [2.24, 2.45) is 0 Å². The predicted molar refractivity (Wildman–Crippen MR) is 88.5 cm³/mol. The Morgan fingerprint density at radius 1 is 1.55 bits per heavy atom. The number of pyridine rings is 1. The molecule has 118 valence electrons. The van der Waals surface area contributed by atoms with Gasteiger partial charge in [0.05, 0.1) is 13.3 Å². The van der Waals surface area contributed by atoms with Gasteiger partial charge in [0, 0.05) is 24.2 Å². The van der Waals surface area contributed by atoms with E-state index in [2.05, 4.69) is 10.00 Å². The van der Waals surface area contributed by atoms with Crippen molar-refractivity contribution in [3.05, 3.63) is 29.2 Å². The minimum absolute atomic E-state index is 0.162. The molecule has 1 fully saturated rings. The maximum absolute atomic E-state index is 12.1. The van der Waals surface area contributed by atoms with Crippen LogP contribution in [0.15, 0.2) is 24.4 Å². The van der Waals surface area contributed by atoms with Crippen molar-refractivity contribution in [2.45, 2.75) is 19.6 Å². The van der Waals surface area contributed by atoms with Crippen molar-refractivity contribution in [3.8, 4) is 0 Å². The predicted octanol–water partition coefficient (Wildman–Crippen LogP) is 1.80. The first-order chi connectivity index (χ1) is 10.7. The summed E-state index contributed by atoms with van der Waals surface area (Å²) in [6.07, 6.45) is 1.90. The van der Waals surface area contributed by atoms with Crippen LogP contribution in [0.5, 0.6) is 0 Å². The number of carbonyl (C=O) groups is 1. The zero-order valence-corrected chi connectivity index (χ0v) is 14.0. The van der Waals surface area contributed by atoms with Crippen LogP contribution in [-0.4, -0.2) is 55.7 Å². The fourth-order valence-corrected chi connectivity index (χ4v) is 3.85. The fourth-order valence-electron chi connectivity index (χ4n) is 2.50. The molecule has 1 aliphatic rings. The molecular formula is C14H18N4O2S2. The molecule has 3 rings (SSSR count). The molecule has 2 aromatic rings. The molecule has 1 saturated heterocycles. The zero-order chi connectivity index (χ0) is 15.5. The third-order valence-corrected chi connectivity index (χ3v) is 5.03. The molecule has 0 N–H and O–H groups in total. The summed E-state index contributed by atoms with van der Waals surface area (Å²) in [6, 6.07) is 5.54. The molecular weight excluding hydrogens is 320 g/mol. The van der Waals surface area contributed by atoms with Crippen LogP contribution < -0.4 is 0 Å². The molecule has 0 spiro atoms. The number of ether oxygens (including phenoxy) is 1. The first-order valence-electron chi connectivity index (χ1n) is 7.23. The van der Waals surface area contributed by atoms with E-state index in [9.17, 15) is 4.79 Å². The maximum atomic E-state index is 12.1. The molecule has 0 amide bonds. The smallest absolute Gasteiger partial charge is 0.324 e. The minimum Gasteiger partial charge on any atom is -0.465 e. The van der Waals surface area contributed by atoms with Gasteiger partial charge in [-0.25, -0.2) is 4.68 Å². The topological polar surface area (TPSA) is 51.8 Å². The second-order valence-electron chi connectivity index (χ2n) is 5.01. The van der Waals surface area contributed by atoms with Gasteiger partial charge in [-0.1, -0.05) is 6.07 Å². The summed E-state index contributed by atoms with van der Waals surface area (Å²) < 4.78 is 9.46. The van der Waals surface area contributed by atoms with Gasteiger partial charge in [-0.05, 0) is 31.3 Å². The van der Waals surface area contributed by atoms with Crippen molar-refractivity contribution >= 4 is 35.6 Å². The molecule has 0 aromatic carbocycles. The van der Waals surface area contributed by atoms with Crippen LogP contribution in [0.4, 0.5) is 0 Å². The summed E-state index contributed by atoms with van der Waals surface area (Å²) in [4.78, 5) is 14.2. The second-order valence-corrected chi connectivity index (χ2v) is 6.52. The summed E-state index contributed by atoms with van der Waals surface area (Å²) in [5.74, 6) is 1.58. The molecule has 22 heavy (non-hydrogen) atoms. The summed E-state index contributed by atoms with van der Waals surface area (Å²) in [7, 11) is 0. The van der Waals surface area contributed by atoms with E-state index < -0.39 is 0 Å². The lowest BCUT2D eigenvalue weighted by Gasteiger charge is -2.33. The molecule has 1 aliphatic heterocycles. The summed E-state index contributed by atoms with van der Waals surface area (Å²) in [5, 5.41) is 4.52. The Morgan fingerprint density at radius 2 is 2.41 bits per heavy atom. The summed E-state index contributed by atoms with van der Waals surface area (Å²) in [6.45, 7) is 3.56. The molecule has 2 aromatic heterocycles. The van der Waals surface area contributed by atoms with Gasteiger partial charge >= 0.3 is 5.97 Å². The SMILES string of the molecule is CCOC(=O)[C@@H]1CSCCN1Cn1nc2ccccn2c1=S. The number of rotatable bonds is 4. The van der Waals surface area contributed by atoms with E-state index in [1.54, 1.807) is 16.4 Å². The fraction of sp³-hybridized carbons (Fsp3) is 0.500. The Balaban J connectivity index is 1.84. The van der Waals surface area contributed by atoms with E-state index in [1.807, 2.05) is 35.7 Å². The third-order valence-electron chi connectivity index (χ3n) is 3.60. The Labute approximate surface area is 138 Å². The normalized spacial score (nSPS) is 19.4. The summed E-state index contributed by atoms with van der Waals surface area (Å²) in [5.41, 5.74) is 0.812. The van der Waals surface area contributed by atoms with Crippen LogP contribution >= 0.6 is 24.0 Å². The lowest BCUT2D eigenvalue weighted by molar-refractivity contribution is -0.149. The van der Waals surface area contributed by atoms with Crippen LogP contribution in [0.25, 0.3) is 5.65 Å². The highest BCUT2D eigenvalue weighted by Crippen LogP contribution is 2.18. The number of nitrogens with zero attached hydrogens (tertiary/aromatic N) is 4. The molecule has 0 bridgehead atoms.